The van der Waals surface area contributed by atoms with Gasteiger partial charge in [0.2, 0.25) is 0 Å². The first-order chi connectivity index (χ1) is 15.6. The van der Waals surface area contributed by atoms with Crippen LogP contribution >= 0.6 is 0 Å². The van der Waals surface area contributed by atoms with Gasteiger partial charge in [0.25, 0.3) is 5.91 Å². The summed E-state index contributed by atoms with van der Waals surface area (Å²) in [6.45, 7) is 4.50. The van der Waals surface area contributed by atoms with Gasteiger partial charge in [-0.15, -0.1) is 0 Å². The van der Waals surface area contributed by atoms with E-state index in [1.807, 2.05) is 79.2 Å². The van der Waals surface area contributed by atoms with Crippen molar-refractivity contribution in [1.82, 2.24) is 20.1 Å². The van der Waals surface area contributed by atoms with Crippen molar-refractivity contribution >= 4 is 5.91 Å². The van der Waals surface area contributed by atoms with E-state index in [4.69, 9.17) is 4.74 Å². The summed E-state index contributed by atoms with van der Waals surface area (Å²) in [7, 11) is 0. The van der Waals surface area contributed by atoms with Gasteiger partial charge in [-0.25, -0.2) is 9.67 Å². The standard InChI is InChI=1S/C26H26N4O2/c1-19-24(20(2)30(29-19)25-10-6-7-16-27-25)15-17-28-26(31)18-32-23-13-11-22(12-14-23)21-8-4-3-5-9-21/h3-14,16H,15,17-18H2,1-2H3,(H,28,31). The first-order valence-corrected chi connectivity index (χ1v) is 10.6. The number of hydrogen-bond donors (Lipinski definition) is 1. The molecule has 6 nitrogen and oxygen atoms in total. The highest BCUT2D eigenvalue weighted by molar-refractivity contribution is 5.77. The molecule has 0 aliphatic heterocycles. The predicted octanol–water partition coefficient (Wildman–Crippen LogP) is 4.29. The van der Waals surface area contributed by atoms with Gasteiger partial charge in [0.1, 0.15) is 5.75 Å². The van der Waals surface area contributed by atoms with Gasteiger partial charge in [-0.3, -0.25) is 4.79 Å². The zero-order valence-electron chi connectivity index (χ0n) is 18.3. The summed E-state index contributed by atoms with van der Waals surface area (Å²) in [4.78, 5) is 16.6. The van der Waals surface area contributed by atoms with Crippen LogP contribution in [-0.4, -0.2) is 33.8 Å². The second-order valence-corrected chi connectivity index (χ2v) is 7.53. The molecule has 0 atom stereocenters. The molecule has 4 rings (SSSR count). The molecule has 0 aliphatic carbocycles. The molecule has 32 heavy (non-hydrogen) atoms. The summed E-state index contributed by atoms with van der Waals surface area (Å²) in [6.07, 6.45) is 2.45. The van der Waals surface area contributed by atoms with Gasteiger partial charge in [0, 0.05) is 18.4 Å². The summed E-state index contributed by atoms with van der Waals surface area (Å²) in [5.74, 6) is 1.31. The Kier molecular flexibility index (Phi) is 6.60. The monoisotopic (exact) mass is 426 g/mol. The molecule has 162 valence electrons. The Morgan fingerprint density at radius 2 is 1.66 bits per heavy atom. The maximum atomic E-state index is 12.2. The van der Waals surface area contributed by atoms with Crippen molar-refractivity contribution < 1.29 is 9.53 Å². The van der Waals surface area contributed by atoms with Gasteiger partial charge in [0.05, 0.1) is 5.69 Å². The Balaban J connectivity index is 1.27. The van der Waals surface area contributed by atoms with E-state index < -0.39 is 0 Å². The molecule has 2 aromatic carbocycles. The number of rotatable bonds is 8. The number of aromatic nitrogens is 3. The van der Waals surface area contributed by atoms with Crippen LogP contribution in [0.5, 0.6) is 5.75 Å². The Labute approximate surface area is 187 Å². The Bertz CT molecular complexity index is 1170. The van der Waals surface area contributed by atoms with Gasteiger partial charge in [-0.2, -0.15) is 5.10 Å². The summed E-state index contributed by atoms with van der Waals surface area (Å²) in [5, 5.41) is 7.53. The Morgan fingerprint density at radius 1 is 0.938 bits per heavy atom. The highest BCUT2D eigenvalue weighted by Gasteiger charge is 2.13. The number of carbonyl (C=O) groups is 1. The molecule has 4 aromatic rings. The minimum atomic E-state index is -0.149. The molecule has 1 N–H and O–H groups in total. The van der Waals surface area contributed by atoms with Crippen molar-refractivity contribution in [3.05, 3.63) is 95.9 Å². The maximum Gasteiger partial charge on any atom is 0.257 e. The minimum absolute atomic E-state index is 0.0180. The number of nitrogens with zero attached hydrogens (tertiary/aromatic N) is 3. The van der Waals surface area contributed by atoms with Crippen LogP contribution in [0.15, 0.2) is 79.0 Å². The molecule has 0 saturated heterocycles. The van der Waals surface area contributed by atoms with E-state index in [-0.39, 0.29) is 12.5 Å². The van der Waals surface area contributed by atoms with E-state index in [1.54, 1.807) is 6.20 Å². The van der Waals surface area contributed by atoms with E-state index in [9.17, 15) is 4.79 Å². The van der Waals surface area contributed by atoms with Crippen molar-refractivity contribution in [2.45, 2.75) is 20.3 Å². The first-order valence-electron chi connectivity index (χ1n) is 10.6. The second kappa shape index (κ2) is 9.92. The molecule has 0 spiro atoms. The van der Waals surface area contributed by atoms with E-state index in [0.717, 1.165) is 33.9 Å². The minimum Gasteiger partial charge on any atom is -0.484 e. The van der Waals surface area contributed by atoms with Crippen LogP contribution in [0, 0.1) is 13.8 Å². The van der Waals surface area contributed by atoms with Gasteiger partial charge < -0.3 is 10.1 Å². The first kappa shape index (κ1) is 21.3. The number of hydrogen-bond acceptors (Lipinski definition) is 4. The van der Waals surface area contributed by atoms with Crippen LogP contribution in [0.4, 0.5) is 0 Å². The molecule has 0 saturated carbocycles. The van der Waals surface area contributed by atoms with Gasteiger partial charge in [-0.05, 0) is 61.2 Å². The normalized spacial score (nSPS) is 10.7. The van der Waals surface area contributed by atoms with Crippen molar-refractivity contribution in [1.29, 1.82) is 0 Å². The molecular formula is C26H26N4O2. The lowest BCUT2D eigenvalue weighted by molar-refractivity contribution is -0.123. The number of ether oxygens (including phenoxy) is 1. The van der Waals surface area contributed by atoms with Gasteiger partial charge in [0.15, 0.2) is 12.4 Å². The fourth-order valence-corrected chi connectivity index (χ4v) is 3.64. The number of amides is 1. The smallest absolute Gasteiger partial charge is 0.257 e. The summed E-state index contributed by atoms with van der Waals surface area (Å²) < 4.78 is 7.48. The number of pyridine rings is 1. The fraction of sp³-hybridized carbons (Fsp3) is 0.192. The zero-order valence-corrected chi connectivity index (χ0v) is 18.3. The van der Waals surface area contributed by atoms with Crippen molar-refractivity contribution in [3.63, 3.8) is 0 Å². The highest BCUT2D eigenvalue weighted by atomic mass is 16.5. The van der Waals surface area contributed by atoms with Crippen LogP contribution in [0.2, 0.25) is 0 Å². The molecular weight excluding hydrogens is 400 g/mol. The van der Waals surface area contributed by atoms with Crippen LogP contribution in [-0.2, 0) is 11.2 Å². The third-order valence-corrected chi connectivity index (χ3v) is 5.34. The number of nitrogens with one attached hydrogen (secondary N) is 1. The molecule has 2 aromatic heterocycles. The van der Waals surface area contributed by atoms with Crippen LogP contribution in [0.1, 0.15) is 17.0 Å². The molecule has 0 unspecified atom stereocenters. The lowest BCUT2D eigenvalue weighted by Gasteiger charge is -2.09. The fourth-order valence-electron chi connectivity index (χ4n) is 3.64. The van der Waals surface area contributed by atoms with Crippen molar-refractivity contribution in [2.24, 2.45) is 0 Å². The van der Waals surface area contributed by atoms with E-state index in [2.05, 4.69) is 27.5 Å². The summed E-state index contributed by atoms with van der Waals surface area (Å²) in [5.41, 5.74) is 5.35. The molecule has 1 amide bonds. The number of benzene rings is 2. The van der Waals surface area contributed by atoms with E-state index in [0.29, 0.717) is 18.7 Å². The van der Waals surface area contributed by atoms with E-state index in [1.165, 1.54) is 0 Å². The van der Waals surface area contributed by atoms with Crippen molar-refractivity contribution in [2.75, 3.05) is 13.2 Å². The maximum absolute atomic E-state index is 12.2. The third-order valence-electron chi connectivity index (χ3n) is 5.34. The largest absolute Gasteiger partial charge is 0.484 e. The molecule has 0 bridgehead atoms. The van der Waals surface area contributed by atoms with Crippen LogP contribution < -0.4 is 10.1 Å². The SMILES string of the molecule is Cc1nn(-c2ccccn2)c(C)c1CCNC(=O)COc1ccc(-c2ccccc2)cc1. The average Bonchev–Trinajstić information content (AvgIpc) is 3.12. The zero-order chi connectivity index (χ0) is 22.3. The predicted molar refractivity (Wildman–Crippen MR) is 125 cm³/mol. The summed E-state index contributed by atoms with van der Waals surface area (Å²) >= 11 is 0. The van der Waals surface area contributed by atoms with Gasteiger partial charge >= 0.3 is 0 Å². The Morgan fingerprint density at radius 3 is 2.38 bits per heavy atom. The van der Waals surface area contributed by atoms with Crippen molar-refractivity contribution in [3.8, 4) is 22.7 Å². The molecule has 0 aliphatic rings. The lowest BCUT2D eigenvalue weighted by atomic mass is 10.1. The lowest BCUT2D eigenvalue weighted by Crippen LogP contribution is -2.30. The highest BCUT2D eigenvalue weighted by Crippen LogP contribution is 2.22. The molecule has 0 fully saturated rings. The molecule has 2 heterocycles. The average molecular weight is 427 g/mol. The summed E-state index contributed by atoms with van der Waals surface area (Å²) in [6, 6.07) is 23.6. The Hall–Kier alpha value is -3.93. The molecule has 6 heteroatoms. The van der Waals surface area contributed by atoms with Crippen LogP contribution in [0.3, 0.4) is 0 Å². The number of aryl methyl sites for hydroxylation is 1. The second-order valence-electron chi connectivity index (χ2n) is 7.53. The van der Waals surface area contributed by atoms with E-state index >= 15 is 0 Å². The van der Waals surface area contributed by atoms with Crippen LogP contribution in [0.25, 0.3) is 16.9 Å². The third kappa shape index (κ3) is 5.03. The topological polar surface area (TPSA) is 69.0 Å². The number of carbonyl (C=O) groups excluding carboxylic acids is 1. The van der Waals surface area contributed by atoms with Gasteiger partial charge in [-0.1, -0.05) is 48.5 Å². The quantitative estimate of drug-likeness (QED) is 0.456. The molecule has 0 radical (unpaired) electrons.